The molecule has 3 rings (SSSR count). The minimum Gasteiger partial charge on any atom is -0.435 e. The predicted octanol–water partition coefficient (Wildman–Crippen LogP) is 5.16. The molecular weight excluding hydrogens is 324 g/mol. The first-order chi connectivity index (χ1) is 12.1. The van der Waals surface area contributed by atoms with Gasteiger partial charge in [0, 0.05) is 19.1 Å². The highest BCUT2D eigenvalue weighted by Gasteiger charge is 2.26. The summed E-state index contributed by atoms with van der Waals surface area (Å²) in [7, 11) is 0. The van der Waals surface area contributed by atoms with Crippen LogP contribution in [0.5, 0.6) is 5.75 Å². The van der Waals surface area contributed by atoms with Crippen LogP contribution in [0.25, 0.3) is 0 Å². The van der Waals surface area contributed by atoms with Gasteiger partial charge >= 0.3 is 6.61 Å². The van der Waals surface area contributed by atoms with Crippen molar-refractivity contribution in [2.75, 3.05) is 13.1 Å². The fourth-order valence-corrected chi connectivity index (χ4v) is 4.01. The largest absolute Gasteiger partial charge is 0.435 e. The molecule has 25 heavy (non-hydrogen) atoms. The topological polar surface area (TPSA) is 21.7 Å². The Hall–Kier alpha value is -1.20. The molecular formula is C20H29F2NO2. The van der Waals surface area contributed by atoms with Crippen LogP contribution >= 0.6 is 0 Å². The highest BCUT2D eigenvalue weighted by molar-refractivity contribution is 5.29. The monoisotopic (exact) mass is 353 g/mol. The molecule has 1 saturated heterocycles. The molecule has 2 aliphatic rings. The molecule has 0 spiro atoms. The van der Waals surface area contributed by atoms with Crippen molar-refractivity contribution in [2.24, 2.45) is 0 Å². The first-order valence-corrected chi connectivity index (χ1v) is 9.56. The highest BCUT2D eigenvalue weighted by atomic mass is 19.3. The van der Waals surface area contributed by atoms with Gasteiger partial charge < -0.3 is 9.47 Å². The van der Waals surface area contributed by atoms with Crippen molar-refractivity contribution in [3.8, 4) is 5.75 Å². The van der Waals surface area contributed by atoms with Gasteiger partial charge in [-0.25, -0.2) is 0 Å². The maximum Gasteiger partial charge on any atom is 0.387 e. The Morgan fingerprint density at radius 3 is 2.12 bits per heavy atom. The number of alkyl halides is 2. The molecule has 1 saturated carbocycles. The summed E-state index contributed by atoms with van der Waals surface area (Å²) in [6.07, 6.45) is 9.46. The lowest BCUT2D eigenvalue weighted by Gasteiger charge is -2.38. The van der Waals surface area contributed by atoms with E-state index in [-0.39, 0.29) is 11.8 Å². The molecule has 0 bridgehead atoms. The van der Waals surface area contributed by atoms with Gasteiger partial charge in [-0.15, -0.1) is 0 Å². The Labute approximate surface area is 149 Å². The van der Waals surface area contributed by atoms with Gasteiger partial charge in [0.15, 0.2) is 0 Å². The molecule has 5 heteroatoms. The third-order valence-electron chi connectivity index (χ3n) is 5.55. The van der Waals surface area contributed by atoms with E-state index in [1.165, 1.54) is 32.1 Å². The number of rotatable bonds is 6. The summed E-state index contributed by atoms with van der Waals surface area (Å²) < 4.78 is 35.2. The Balaban J connectivity index is 1.46. The maximum absolute atomic E-state index is 12.2. The van der Waals surface area contributed by atoms with E-state index in [9.17, 15) is 8.78 Å². The van der Waals surface area contributed by atoms with E-state index in [2.05, 4.69) is 16.6 Å². The van der Waals surface area contributed by atoms with Crippen molar-refractivity contribution in [1.29, 1.82) is 0 Å². The van der Waals surface area contributed by atoms with Crippen molar-refractivity contribution in [2.45, 2.75) is 76.7 Å². The van der Waals surface area contributed by atoms with Crippen LogP contribution in [-0.4, -0.2) is 36.8 Å². The second-order valence-electron chi connectivity index (χ2n) is 7.25. The zero-order chi connectivity index (χ0) is 17.6. The number of likely N-dealkylation sites (tertiary alicyclic amines) is 1. The van der Waals surface area contributed by atoms with Gasteiger partial charge in [-0.2, -0.15) is 8.78 Å². The average molecular weight is 353 g/mol. The average Bonchev–Trinajstić information content (AvgIpc) is 2.63. The lowest BCUT2D eigenvalue weighted by molar-refractivity contribution is -0.0596. The van der Waals surface area contributed by atoms with Gasteiger partial charge in [0.2, 0.25) is 0 Å². The van der Waals surface area contributed by atoms with Gasteiger partial charge in [0.05, 0.1) is 12.2 Å². The van der Waals surface area contributed by atoms with Crippen LogP contribution in [0, 0.1) is 0 Å². The van der Waals surface area contributed by atoms with Crippen LogP contribution in [0.3, 0.4) is 0 Å². The molecule has 1 atom stereocenters. The molecule has 3 nitrogen and oxygen atoms in total. The molecule has 1 unspecified atom stereocenters. The highest BCUT2D eigenvalue weighted by Crippen LogP contribution is 2.29. The molecule has 0 amide bonds. The number of benzene rings is 1. The van der Waals surface area contributed by atoms with Crippen molar-refractivity contribution < 1.29 is 18.3 Å². The lowest BCUT2D eigenvalue weighted by atomic mass is 9.96. The zero-order valence-electron chi connectivity index (χ0n) is 15.0. The van der Waals surface area contributed by atoms with Crippen LogP contribution in [0.2, 0.25) is 0 Å². The number of hydrogen-bond donors (Lipinski definition) is 0. The second-order valence-corrected chi connectivity index (χ2v) is 7.25. The smallest absolute Gasteiger partial charge is 0.387 e. The summed E-state index contributed by atoms with van der Waals surface area (Å²) in [5.41, 5.74) is 1.13. The van der Waals surface area contributed by atoms with Crippen LogP contribution in [-0.2, 0) is 4.74 Å². The molecule has 0 N–H and O–H groups in total. The van der Waals surface area contributed by atoms with Crippen LogP contribution < -0.4 is 4.74 Å². The van der Waals surface area contributed by atoms with Gasteiger partial charge in [-0.05, 0) is 50.3 Å². The molecule has 1 aliphatic carbocycles. The quantitative estimate of drug-likeness (QED) is 0.705. The SMILES string of the molecule is CC(c1ccc(OC(F)F)cc1)N1CCC(OC2CCCCC2)CC1. The molecule has 1 aromatic rings. The normalized spacial score (nSPS) is 22.2. The number of ether oxygens (including phenoxy) is 2. The number of halogens is 2. The summed E-state index contributed by atoms with van der Waals surface area (Å²) in [6, 6.07) is 7.28. The first-order valence-electron chi connectivity index (χ1n) is 9.56. The second kappa shape index (κ2) is 8.95. The predicted molar refractivity (Wildman–Crippen MR) is 94.0 cm³/mol. The minimum atomic E-state index is -2.77. The molecule has 0 aromatic heterocycles. The maximum atomic E-state index is 12.2. The van der Waals surface area contributed by atoms with E-state index in [4.69, 9.17) is 4.74 Å². The molecule has 2 fully saturated rings. The molecule has 1 aliphatic heterocycles. The summed E-state index contributed by atoms with van der Waals surface area (Å²) in [5, 5.41) is 0. The van der Waals surface area contributed by atoms with Crippen molar-refractivity contribution in [3.05, 3.63) is 29.8 Å². The molecule has 1 aromatic carbocycles. The number of nitrogens with zero attached hydrogens (tertiary/aromatic N) is 1. The Morgan fingerprint density at radius 2 is 1.52 bits per heavy atom. The van der Waals surface area contributed by atoms with Gasteiger partial charge in [0.1, 0.15) is 5.75 Å². The third-order valence-corrected chi connectivity index (χ3v) is 5.55. The standard InChI is InChI=1S/C20H29F2NO2/c1-15(16-7-9-18(10-8-16)25-20(21)22)23-13-11-19(12-14-23)24-17-5-3-2-4-6-17/h7-10,15,17,19-20H,2-6,11-14H2,1H3. The number of piperidine rings is 1. The minimum absolute atomic E-state index is 0.213. The van der Waals surface area contributed by atoms with E-state index in [0.29, 0.717) is 12.2 Å². The summed E-state index contributed by atoms with van der Waals surface area (Å²) in [6.45, 7) is 1.44. The van der Waals surface area contributed by atoms with Gasteiger partial charge in [0.25, 0.3) is 0 Å². The zero-order valence-corrected chi connectivity index (χ0v) is 15.0. The summed E-state index contributed by atoms with van der Waals surface area (Å²) in [5.74, 6) is 0.213. The van der Waals surface area contributed by atoms with Gasteiger partial charge in [-0.1, -0.05) is 31.4 Å². The Morgan fingerprint density at radius 1 is 0.920 bits per heavy atom. The fraction of sp³-hybridized carbons (Fsp3) is 0.700. The van der Waals surface area contributed by atoms with Gasteiger partial charge in [-0.3, -0.25) is 4.90 Å². The van der Waals surface area contributed by atoms with E-state index in [1.54, 1.807) is 12.1 Å². The van der Waals surface area contributed by atoms with Crippen molar-refractivity contribution in [3.63, 3.8) is 0 Å². The first kappa shape index (κ1) is 18.6. The molecule has 140 valence electrons. The molecule has 1 heterocycles. The molecule has 0 radical (unpaired) electrons. The van der Waals surface area contributed by atoms with E-state index >= 15 is 0 Å². The summed E-state index contributed by atoms with van der Waals surface area (Å²) >= 11 is 0. The number of hydrogen-bond acceptors (Lipinski definition) is 3. The van der Waals surface area contributed by atoms with Crippen molar-refractivity contribution >= 4 is 0 Å². The van der Waals surface area contributed by atoms with E-state index in [0.717, 1.165) is 31.5 Å². The van der Waals surface area contributed by atoms with Crippen LogP contribution in [0.4, 0.5) is 8.78 Å². The van der Waals surface area contributed by atoms with E-state index in [1.807, 2.05) is 12.1 Å². The third kappa shape index (κ3) is 5.38. The fourth-order valence-electron chi connectivity index (χ4n) is 4.01. The van der Waals surface area contributed by atoms with Crippen LogP contribution in [0.15, 0.2) is 24.3 Å². The van der Waals surface area contributed by atoms with Crippen LogP contribution in [0.1, 0.15) is 63.5 Å². The Kier molecular flexibility index (Phi) is 6.65. The van der Waals surface area contributed by atoms with E-state index < -0.39 is 6.61 Å². The lowest BCUT2D eigenvalue weighted by Crippen LogP contribution is -2.40. The van der Waals surface area contributed by atoms with Crippen molar-refractivity contribution in [1.82, 2.24) is 4.90 Å². The summed E-state index contributed by atoms with van der Waals surface area (Å²) in [4.78, 5) is 2.45. The Bertz CT molecular complexity index is 509.